The topological polar surface area (TPSA) is 78.5 Å². The van der Waals surface area contributed by atoms with E-state index in [2.05, 4.69) is 10.6 Å². The summed E-state index contributed by atoms with van der Waals surface area (Å²) in [7, 11) is 1.43. The number of amides is 3. The van der Waals surface area contributed by atoms with E-state index in [4.69, 9.17) is 0 Å². The molecular formula is C9H13N3O3. The van der Waals surface area contributed by atoms with Crippen LogP contribution in [0.5, 0.6) is 0 Å². The Morgan fingerprint density at radius 1 is 1.47 bits per heavy atom. The fraction of sp³-hybridized carbons (Fsp3) is 0.667. The molecule has 2 N–H and O–H groups in total. The minimum Gasteiger partial charge on any atom is -0.343 e. The zero-order chi connectivity index (χ0) is 11.0. The van der Waals surface area contributed by atoms with Crippen molar-refractivity contribution in [2.75, 3.05) is 20.1 Å². The molecule has 0 bridgehead atoms. The smallest absolute Gasteiger partial charge is 0.252 e. The van der Waals surface area contributed by atoms with Crippen LogP contribution in [0.4, 0.5) is 0 Å². The summed E-state index contributed by atoms with van der Waals surface area (Å²) in [5.41, 5.74) is 0. The Kier molecular flexibility index (Phi) is 2.44. The highest BCUT2D eigenvalue weighted by atomic mass is 16.2. The van der Waals surface area contributed by atoms with Gasteiger partial charge in [0.1, 0.15) is 6.04 Å². The molecule has 2 aliphatic heterocycles. The van der Waals surface area contributed by atoms with E-state index in [1.165, 1.54) is 7.05 Å². The summed E-state index contributed by atoms with van der Waals surface area (Å²) in [6.45, 7) is 1.30. The molecule has 82 valence electrons. The summed E-state index contributed by atoms with van der Waals surface area (Å²) in [5, 5.41) is 5.57. The summed E-state index contributed by atoms with van der Waals surface area (Å²) in [4.78, 5) is 35.2. The maximum atomic E-state index is 11.5. The molecule has 2 fully saturated rings. The molecule has 2 heterocycles. The highest BCUT2D eigenvalue weighted by Gasteiger charge is 2.38. The fourth-order valence-corrected chi connectivity index (χ4v) is 1.63. The fourth-order valence-electron chi connectivity index (χ4n) is 1.63. The number of hydrogen-bond donors (Lipinski definition) is 2. The molecule has 0 radical (unpaired) electrons. The average Bonchev–Trinajstić information content (AvgIpc) is 2.30. The van der Waals surface area contributed by atoms with E-state index >= 15 is 0 Å². The van der Waals surface area contributed by atoms with Crippen molar-refractivity contribution in [1.82, 2.24) is 15.5 Å². The molecule has 1 unspecified atom stereocenters. The molecule has 0 spiro atoms. The largest absolute Gasteiger partial charge is 0.343 e. The third kappa shape index (κ3) is 1.72. The number of likely N-dealkylation sites (N-methyl/N-ethyl adjacent to an activating group) is 1. The molecule has 0 saturated carbocycles. The van der Waals surface area contributed by atoms with Gasteiger partial charge in [-0.15, -0.1) is 0 Å². The Morgan fingerprint density at radius 2 is 2.13 bits per heavy atom. The number of carbonyl (C=O) groups excluding carboxylic acids is 3. The molecule has 0 aliphatic carbocycles. The van der Waals surface area contributed by atoms with Gasteiger partial charge < -0.3 is 10.6 Å². The van der Waals surface area contributed by atoms with Crippen LogP contribution in [0.2, 0.25) is 0 Å². The van der Waals surface area contributed by atoms with E-state index in [-0.39, 0.29) is 30.1 Å². The van der Waals surface area contributed by atoms with Crippen LogP contribution in [0.3, 0.4) is 0 Å². The first kappa shape index (κ1) is 10.1. The summed E-state index contributed by atoms with van der Waals surface area (Å²) in [5.74, 6) is -0.758. The summed E-state index contributed by atoms with van der Waals surface area (Å²) in [6.07, 6.45) is 0.0845. The third-order valence-corrected chi connectivity index (χ3v) is 2.85. The molecule has 6 nitrogen and oxygen atoms in total. The van der Waals surface area contributed by atoms with Crippen molar-refractivity contribution in [3.05, 3.63) is 0 Å². The quantitative estimate of drug-likeness (QED) is 0.522. The number of likely N-dealkylation sites (tertiary alicyclic amines) is 1. The standard InChI is InChI=1S/C9H13N3O3/c1-12-7(13)2-6(9(12)15)11-8(14)5-3-10-4-5/h5-6,10H,2-4H2,1H3,(H,11,14). The summed E-state index contributed by atoms with van der Waals surface area (Å²) >= 11 is 0. The van der Waals surface area contributed by atoms with Crippen LogP contribution in [-0.4, -0.2) is 48.8 Å². The summed E-state index contributed by atoms with van der Waals surface area (Å²) < 4.78 is 0. The molecule has 0 aromatic carbocycles. The van der Waals surface area contributed by atoms with Gasteiger partial charge in [-0.3, -0.25) is 19.3 Å². The van der Waals surface area contributed by atoms with E-state index < -0.39 is 6.04 Å². The van der Waals surface area contributed by atoms with Crippen molar-refractivity contribution in [2.24, 2.45) is 5.92 Å². The van der Waals surface area contributed by atoms with E-state index in [1.54, 1.807) is 0 Å². The van der Waals surface area contributed by atoms with Gasteiger partial charge in [0.2, 0.25) is 11.8 Å². The van der Waals surface area contributed by atoms with Gasteiger partial charge in [0.05, 0.1) is 12.3 Å². The molecule has 3 amide bonds. The molecule has 2 rings (SSSR count). The number of carbonyl (C=O) groups is 3. The van der Waals surface area contributed by atoms with Crippen LogP contribution >= 0.6 is 0 Å². The van der Waals surface area contributed by atoms with Gasteiger partial charge in [-0.2, -0.15) is 0 Å². The predicted octanol–water partition coefficient (Wildman–Crippen LogP) is -1.92. The van der Waals surface area contributed by atoms with Crippen LogP contribution in [0.25, 0.3) is 0 Å². The molecule has 0 aromatic heterocycles. The SMILES string of the molecule is CN1C(=O)CC(NC(=O)C2CNC2)C1=O. The van der Waals surface area contributed by atoms with Gasteiger partial charge >= 0.3 is 0 Å². The summed E-state index contributed by atoms with van der Waals surface area (Å²) in [6, 6.07) is -0.657. The van der Waals surface area contributed by atoms with Gasteiger partial charge in [-0.05, 0) is 0 Å². The van der Waals surface area contributed by atoms with Gasteiger partial charge in [0.15, 0.2) is 0 Å². The molecule has 2 aliphatic rings. The Balaban J connectivity index is 1.92. The Bertz CT molecular complexity index is 325. The van der Waals surface area contributed by atoms with Crippen LogP contribution in [0.1, 0.15) is 6.42 Å². The zero-order valence-corrected chi connectivity index (χ0v) is 8.45. The lowest BCUT2D eigenvalue weighted by molar-refractivity contribution is -0.138. The van der Waals surface area contributed by atoms with Crippen molar-refractivity contribution < 1.29 is 14.4 Å². The van der Waals surface area contributed by atoms with Crippen LogP contribution in [0.15, 0.2) is 0 Å². The number of nitrogens with one attached hydrogen (secondary N) is 2. The van der Waals surface area contributed by atoms with Gasteiger partial charge in [0, 0.05) is 20.1 Å². The minimum absolute atomic E-state index is 0.0567. The number of rotatable bonds is 2. The first-order valence-electron chi connectivity index (χ1n) is 4.91. The van der Waals surface area contributed by atoms with Crippen molar-refractivity contribution in [1.29, 1.82) is 0 Å². The normalized spacial score (nSPS) is 26.7. The van der Waals surface area contributed by atoms with Gasteiger partial charge in [-0.25, -0.2) is 0 Å². The number of imide groups is 1. The van der Waals surface area contributed by atoms with Crippen molar-refractivity contribution in [2.45, 2.75) is 12.5 Å². The van der Waals surface area contributed by atoms with Crippen LogP contribution in [-0.2, 0) is 14.4 Å². The van der Waals surface area contributed by atoms with Crippen molar-refractivity contribution in [3.63, 3.8) is 0 Å². The van der Waals surface area contributed by atoms with Crippen LogP contribution < -0.4 is 10.6 Å². The first-order chi connectivity index (χ1) is 7.09. The molecule has 1 atom stereocenters. The Labute approximate surface area is 87.0 Å². The number of nitrogens with zero attached hydrogens (tertiary/aromatic N) is 1. The molecular weight excluding hydrogens is 198 g/mol. The lowest BCUT2D eigenvalue weighted by atomic mass is 10.0. The van der Waals surface area contributed by atoms with E-state index in [0.29, 0.717) is 13.1 Å². The van der Waals surface area contributed by atoms with Crippen LogP contribution in [0, 0.1) is 5.92 Å². The molecule has 6 heteroatoms. The first-order valence-corrected chi connectivity index (χ1v) is 4.91. The highest BCUT2D eigenvalue weighted by molar-refractivity contribution is 6.06. The minimum atomic E-state index is -0.657. The second kappa shape index (κ2) is 3.62. The Morgan fingerprint density at radius 3 is 2.53 bits per heavy atom. The average molecular weight is 211 g/mol. The van der Waals surface area contributed by atoms with Gasteiger partial charge in [0.25, 0.3) is 5.91 Å². The molecule has 15 heavy (non-hydrogen) atoms. The maximum Gasteiger partial charge on any atom is 0.252 e. The lowest BCUT2D eigenvalue weighted by Crippen LogP contribution is -2.53. The second-order valence-electron chi connectivity index (χ2n) is 3.91. The lowest BCUT2D eigenvalue weighted by Gasteiger charge is -2.26. The number of hydrogen-bond acceptors (Lipinski definition) is 4. The predicted molar refractivity (Wildman–Crippen MR) is 50.7 cm³/mol. The zero-order valence-electron chi connectivity index (χ0n) is 8.45. The van der Waals surface area contributed by atoms with Crippen molar-refractivity contribution >= 4 is 17.7 Å². The van der Waals surface area contributed by atoms with E-state index in [1.807, 2.05) is 0 Å². The van der Waals surface area contributed by atoms with Crippen molar-refractivity contribution in [3.8, 4) is 0 Å². The monoisotopic (exact) mass is 211 g/mol. The Hall–Kier alpha value is -1.43. The van der Waals surface area contributed by atoms with Gasteiger partial charge in [-0.1, -0.05) is 0 Å². The third-order valence-electron chi connectivity index (χ3n) is 2.85. The molecule has 0 aromatic rings. The second-order valence-corrected chi connectivity index (χ2v) is 3.91. The molecule has 2 saturated heterocycles. The van der Waals surface area contributed by atoms with E-state index in [0.717, 1.165) is 4.90 Å². The highest BCUT2D eigenvalue weighted by Crippen LogP contribution is 2.12. The van der Waals surface area contributed by atoms with E-state index in [9.17, 15) is 14.4 Å². The maximum absolute atomic E-state index is 11.5.